The second-order valence-corrected chi connectivity index (χ2v) is 5.26. The molecule has 0 bridgehead atoms. The number of hydrogen-bond donors (Lipinski definition) is 2. The summed E-state index contributed by atoms with van der Waals surface area (Å²) < 4.78 is 29.8. The third-order valence-corrected chi connectivity index (χ3v) is 2.65. The zero-order chi connectivity index (χ0) is 11.4. The van der Waals surface area contributed by atoms with Crippen LogP contribution in [0.3, 0.4) is 0 Å². The summed E-state index contributed by atoms with van der Waals surface area (Å²) in [6.45, 7) is 6.68. The molecule has 0 saturated heterocycles. The molecule has 15 heavy (non-hydrogen) atoms. The first-order valence-electron chi connectivity index (χ1n) is 4.02. The Kier molecular flexibility index (Phi) is 7.45. The average molecular weight is 248 g/mol. The van der Waals surface area contributed by atoms with E-state index < -0.39 is 21.3 Å². The maximum Gasteiger partial charge on any atom is 0.316 e. The first kappa shape index (κ1) is 17.3. The van der Waals surface area contributed by atoms with E-state index in [1.807, 2.05) is 0 Å². The van der Waals surface area contributed by atoms with Crippen LogP contribution in [-0.2, 0) is 14.9 Å². The molecule has 0 unspecified atom stereocenters. The van der Waals surface area contributed by atoms with Gasteiger partial charge in [-0.15, -0.1) is 0 Å². The van der Waals surface area contributed by atoms with E-state index in [1.165, 1.54) is 0 Å². The van der Waals surface area contributed by atoms with Gasteiger partial charge in [-0.05, 0) is 11.5 Å². The van der Waals surface area contributed by atoms with Crippen LogP contribution in [0.15, 0.2) is 12.7 Å². The Morgan fingerprint density at radius 3 is 2.33 bits per heavy atom. The van der Waals surface area contributed by atoms with E-state index in [-0.39, 0.29) is 35.5 Å². The molecule has 0 aliphatic carbocycles. The molecule has 0 rings (SSSR count). The van der Waals surface area contributed by atoms with Crippen LogP contribution in [0, 0.1) is 5.41 Å². The highest BCUT2D eigenvalue weighted by atomic mass is 32.2. The van der Waals surface area contributed by atoms with Crippen LogP contribution in [0.5, 0.6) is 0 Å². The first-order chi connectivity index (χ1) is 6.16. The second-order valence-electron chi connectivity index (χ2n) is 3.81. The van der Waals surface area contributed by atoms with Gasteiger partial charge in [0.25, 0.3) is 10.1 Å². The third kappa shape index (κ3) is 10.2. The van der Waals surface area contributed by atoms with Crippen LogP contribution >= 0.6 is 0 Å². The predicted octanol–water partition coefficient (Wildman–Crippen LogP) is -0.714. The molecular weight excluding hydrogens is 230 g/mol. The van der Waals surface area contributed by atoms with Crippen molar-refractivity contribution in [3.63, 3.8) is 0 Å². The van der Waals surface area contributed by atoms with E-state index in [0.717, 1.165) is 6.08 Å². The van der Waals surface area contributed by atoms with Gasteiger partial charge < -0.3 is 5.32 Å². The minimum absolute atomic E-state index is 0. The summed E-state index contributed by atoms with van der Waals surface area (Å²) in [4.78, 5) is 10.8. The fourth-order valence-corrected chi connectivity index (χ4v) is 2.03. The van der Waals surface area contributed by atoms with Crippen LogP contribution in [0.25, 0.3) is 0 Å². The maximum absolute atomic E-state index is 10.8. The van der Waals surface area contributed by atoms with Gasteiger partial charge in [-0.25, -0.2) is 0 Å². The molecule has 7 heteroatoms. The largest absolute Gasteiger partial charge is 0.352 e. The minimum Gasteiger partial charge on any atom is -0.352 e. The smallest absolute Gasteiger partial charge is 0.316 e. The van der Waals surface area contributed by atoms with E-state index in [2.05, 4.69) is 11.9 Å². The maximum atomic E-state index is 10.8. The van der Waals surface area contributed by atoms with Gasteiger partial charge in [0.1, 0.15) is 0 Å². The van der Waals surface area contributed by atoms with Gasteiger partial charge in [-0.2, -0.15) is 8.42 Å². The van der Waals surface area contributed by atoms with Crippen molar-refractivity contribution in [1.29, 1.82) is 0 Å². The van der Waals surface area contributed by atoms with Gasteiger partial charge in [-0.1, -0.05) is 20.4 Å². The van der Waals surface area contributed by atoms with Crippen molar-refractivity contribution in [3.05, 3.63) is 12.7 Å². The van der Waals surface area contributed by atoms with Crippen molar-refractivity contribution in [1.82, 2.24) is 5.32 Å². The SMILES string of the molecule is C=CC(=O)NCC(C)(C)CS(=O)(=O)O.[MgH2]. The van der Waals surface area contributed by atoms with Crippen LogP contribution in [0.1, 0.15) is 13.8 Å². The fraction of sp³-hybridized carbons (Fsp3) is 0.625. The Balaban J connectivity index is 0. The second kappa shape index (κ2) is 6.46. The Morgan fingerprint density at radius 1 is 1.53 bits per heavy atom. The molecule has 1 amide bonds. The fourth-order valence-electron chi connectivity index (χ4n) is 0.943. The van der Waals surface area contributed by atoms with E-state index in [1.54, 1.807) is 13.8 Å². The van der Waals surface area contributed by atoms with Gasteiger partial charge in [0.2, 0.25) is 5.91 Å². The number of hydrogen-bond acceptors (Lipinski definition) is 3. The molecule has 5 nitrogen and oxygen atoms in total. The highest BCUT2D eigenvalue weighted by Crippen LogP contribution is 2.15. The molecule has 0 aliphatic heterocycles. The molecule has 0 radical (unpaired) electrons. The molecule has 0 aliphatic rings. The summed E-state index contributed by atoms with van der Waals surface area (Å²) in [6, 6.07) is 0. The number of carbonyl (C=O) groups is 1. The molecule has 0 saturated carbocycles. The lowest BCUT2D eigenvalue weighted by Crippen LogP contribution is -2.37. The first-order valence-corrected chi connectivity index (χ1v) is 5.63. The average Bonchev–Trinajstić information content (AvgIpc) is 1.96. The lowest BCUT2D eigenvalue weighted by Gasteiger charge is -2.22. The summed E-state index contributed by atoms with van der Waals surface area (Å²) in [5, 5.41) is 2.46. The van der Waals surface area contributed by atoms with Crippen LogP contribution in [0.2, 0.25) is 0 Å². The summed E-state index contributed by atoms with van der Waals surface area (Å²) in [5.74, 6) is -0.759. The zero-order valence-corrected chi connectivity index (χ0v) is 9.10. The topological polar surface area (TPSA) is 83.5 Å². The lowest BCUT2D eigenvalue weighted by atomic mass is 9.96. The minimum atomic E-state index is -4.01. The Bertz CT molecular complexity index is 324. The molecule has 0 spiro atoms. The van der Waals surface area contributed by atoms with Crippen molar-refractivity contribution >= 4 is 39.1 Å². The van der Waals surface area contributed by atoms with E-state index >= 15 is 0 Å². The number of nitrogens with one attached hydrogen (secondary N) is 1. The Hall–Kier alpha value is -0.114. The van der Waals surface area contributed by atoms with E-state index in [0.29, 0.717) is 0 Å². The molecule has 0 fully saturated rings. The molecule has 0 aromatic carbocycles. The molecule has 0 heterocycles. The molecule has 2 N–H and O–H groups in total. The molecule has 0 aromatic heterocycles. The standard InChI is InChI=1S/C8H15NO4S.Mg.2H/c1-4-7(10)9-5-8(2,3)6-14(11,12)13;;;/h4H,1,5-6H2,2-3H3,(H,9,10)(H,11,12,13);;;. The third-order valence-electron chi connectivity index (χ3n) is 1.50. The lowest BCUT2D eigenvalue weighted by molar-refractivity contribution is -0.116. The van der Waals surface area contributed by atoms with Crippen molar-refractivity contribution in [3.8, 4) is 0 Å². The van der Waals surface area contributed by atoms with Gasteiger partial charge >= 0.3 is 23.1 Å². The van der Waals surface area contributed by atoms with E-state index in [9.17, 15) is 13.2 Å². The van der Waals surface area contributed by atoms with Crippen molar-refractivity contribution in [2.45, 2.75) is 13.8 Å². The van der Waals surface area contributed by atoms with E-state index in [4.69, 9.17) is 4.55 Å². The summed E-state index contributed by atoms with van der Waals surface area (Å²) in [5.41, 5.74) is -0.702. The monoisotopic (exact) mass is 247 g/mol. The Labute approximate surface area is 106 Å². The Morgan fingerprint density at radius 2 is 2.00 bits per heavy atom. The van der Waals surface area contributed by atoms with Gasteiger partial charge in [0.15, 0.2) is 0 Å². The summed E-state index contributed by atoms with van der Waals surface area (Å²) >= 11 is 0. The van der Waals surface area contributed by atoms with Crippen LogP contribution in [0.4, 0.5) is 0 Å². The molecule has 0 aromatic rings. The van der Waals surface area contributed by atoms with Crippen LogP contribution in [-0.4, -0.2) is 54.2 Å². The van der Waals surface area contributed by atoms with Gasteiger partial charge in [0.05, 0.1) is 5.75 Å². The molecule has 86 valence electrons. The number of rotatable bonds is 5. The summed E-state index contributed by atoms with van der Waals surface area (Å²) in [7, 11) is -4.01. The summed E-state index contributed by atoms with van der Waals surface area (Å²) in [6.07, 6.45) is 1.10. The van der Waals surface area contributed by atoms with Crippen molar-refractivity contribution in [2.75, 3.05) is 12.3 Å². The normalized spacial score (nSPS) is 11.4. The van der Waals surface area contributed by atoms with Gasteiger partial charge in [0, 0.05) is 6.54 Å². The number of carbonyl (C=O) groups excluding carboxylic acids is 1. The molecule has 0 atom stereocenters. The van der Waals surface area contributed by atoms with Gasteiger partial charge in [-0.3, -0.25) is 9.35 Å². The molecular formula is C8H17MgNO4S. The highest BCUT2D eigenvalue weighted by molar-refractivity contribution is 7.85. The number of amides is 1. The van der Waals surface area contributed by atoms with Crippen molar-refractivity contribution < 1.29 is 17.8 Å². The van der Waals surface area contributed by atoms with Crippen molar-refractivity contribution in [2.24, 2.45) is 5.41 Å². The quantitative estimate of drug-likeness (QED) is 0.382. The zero-order valence-electron chi connectivity index (χ0n) is 8.28. The van der Waals surface area contributed by atoms with Crippen LogP contribution < -0.4 is 5.32 Å². The predicted molar refractivity (Wildman–Crippen MR) is 61.9 cm³/mol. The highest BCUT2D eigenvalue weighted by Gasteiger charge is 2.24.